The first kappa shape index (κ1) is 24.9. The van der Waals surface area contributed by atoms with Gasteiger partial charge >= 0.3 is 0 Å². The second-order valence-corrected chi connectivity index (χ2v) is 8.68. The first-order valence-electron chi connectivity index (χ1n) is 11.0. The Morgan fingerprint density at radius 2 is 1.94 bits per heavy atom. The van der Waals surface area contributed by atoms with Crippen LogP contribution in [-0.4, -0.2) is 34.9 Å². The maximum Gasteiger partial charge on any atom is 0.291 e. The number of methoxy groups -OCH3 is 1. The van der Waals surface area contributed by atoms with Gasteiger partial charge in [-0.1, -0.05) is 12.1 Å². The molecule has 2 amide bonds. The molecule has 0 saturated carbocycles. The number of amides is 2. The van der Waals surface area contributed by atoms with Crippen LogP contribution in [0.2, 0.25) is 0 Å². The van der Waals surface area contributed by atoms with Gasteiger partial charge in [0.25, 0.3) is 11.8 Å². The Morgan fingerprint density at radius 1 is 1.14 bits per heavy atom. The summed E-state index contributed by atoms with van der Waals surface area (Å²) in [6.07, 6.45) is 2.95. The molecule has 0 atom stereocenters. The number of hydrazone groups is 1. The molecule has 0 spiro atoms. The lowest BCUT2D eigenvalue weighted by Crippen LogP contribution is -2.21. The van der Waals surface area contributed by atoms with E-state index in [0.717, 1.165) is 32.7 Å². The van der Waals surface area contributed by atoms with Gasteiger partial charge in [0.05, 0.1) is 53.2 Å². The fourth-order valence-electron chi connectivity index (χ4n) is 3.60. The van der Waals surface area contributed by atoms with E-state index in [1.165, 1.54) is 6.26 Å². The van der Waals surface area contributed by atoms with Crippen LogP contribution in [0, 0.1) is 13.8 Å². The monoisotopic (exact) mass is 549 g/mol. The second kappa shape index (κ2) is 11.0. The molecular formula is C26H24BrN5O4. The van der Waals surface area contributed by atoms with Crippen molar-refractivity contribution in [2.45, 2.75) is 20.4 Å². The van der Waals surface area contributed by atoms with Crippen LogP contribution in [0.3, 0.4) is 0 Å². The molecule has 10 heteroatoms. The molecule has 0 bridgehead atoms. The molecule has 0 radical (unpaired) electrons. The second-order valence-electron chi connectivity index (χ2n) is 7.89. The van der Waals surface area contributed by atoms with Crippen LogP contribution < -0.4 is 15.5 Å². The molecule has 2 N–H and O–H groups in total. The Bertz CT molecular complexity index is 1430. The Hall–Kier alpha value is -4.18. The van der Waals surface area contributed by atoms with Gasteiger partial charge in [0.2, 0.25) is 0 Å². The number of anilines is 1. The lowest BCUT2D eigenvalue weighted by Gasteiger charge is -2.11. The number of ether oxygens (including phenoxy) is 1. The van der Waals surface area contributed by atoms with Crippen molar-refractivity contribution in [3.63, 3.8) is 0 Å². The fraction of sp³-hybridized carbons (Fsp3) is 0.154. The molecule has 2 aromatic heterocycles. The van der Waals surface area contributed by atoms with E-state index in [1.807, 2.05) is 36.7 Å². The highest BCUT2D eigenvalue weighted by Crippen LogP contribution is 2.24. The van der Waals surface area contributed by atoms with Crippen molar-refractivity contribution in [3.8, 4) is 5.75 Å². The molecule has 0 aliphatic rings. The normalized spacial score (nSPS) is 11.0. The zero-order chi connectivity index (χ0) is 25.7. The lowest BCUT2D eigenvalue weighted by atomic mass is 10.1. The number of rotatable bonds is 8. The minimum absolute atomic E-state index is 0.145. The third-order valence-electron chi connectivity index (χ3n) is 5.46. The standard InChI is InChI=1S/C26H24BrN5O4/c1-16-24(27)17(2)32(31-16)15-19-13-18(10-11-22(19)35-3)14-28-30-25(33)20-7-4-5-8-21(20)29-26(34)23-9-6-12-36-23/h4-14H,15H2,1-3H3,(H,29,34)(H,30,33). The molecule has 0 aliphatic heterocycles. The number of hydrogen-bond donors (Lipinski definition) is 2. The van der Waals surface area contributed by atoms with Gasteiger partial charge in [-0.25, -0.2) is 5.43 Å². The first-order chi connectivity index (χ1) is 17.4. The molecule has 0 saturated heterocycles. The molecular weight excluding hydrogens is 526 g/mol. The van der Waals surface area contributed by atoms with Gasteiger partial charge in [0, 0.05) is 5.56 Å². The lowest BCUT2D eigenvalue weighted by molar-refractivity contribution is 0.0956. The van der Waals surface area contributed by atoms with Gasteiger partial charge in [0.1, 0.15) is 5.75 Å². The van der Waals surface area contributed by atoms with Gasteiger partial charge in [0.15, 0.2) is 5.76 Å². The number of furan rings is 1. The van der Waals surface area contributed by atoms with E-state index in [4.69, 9.17) is 9.15 Å². The van der Waals surface area contributed by atoms with Gasteiger partial charge in [-0.2, -0.15) is 10.2 Å². The highest BCUT2D eigenvalue weighted by Gasteiger charge is 2.15. The van der Waals surface area contributed by atoms with Gasteiger partial charge in [-0.05, 0) is 77.8 Å². The van der Waals surface area contributed by atoms with E-state index < -0.39 is 11.8 Å². The Balaban J connectivity index is 1.47. The van der Waals surface area contributed by atoms with Crippen LogP contribution in [0.25, 0.3) is 0 Å². The maximum absolute atomic E-state index is 12.8. The van der Waals surface area contributed by atoms with E-state index in [9.17, 15) is 9.59 Å². The largest absolute Gasteiger partial charge is 0.496 e. The molecule has 4 rings (SSSR count). The van der Waals surface area contributed by atoms with Crippen molar-refractivity contribution in [2.24, 2.45) is 5.10 Å². The molecule has 0 fully saturated rings. The quantitative estimate of drug-likeness (QED) is 0.239. The first-order valence-corrected chi connectivity index (χ1v) is 11.8. The minimum Gasteiger partial charge on any atom is -0.496 e. The number of para-hydroxylation sites is 1. The van der Waals surface area contributed by atoms with Crippen molar-refractivity contribution in [2.75, 3.05) is 12.4 Å². The molecule has 0 aliphatic carbocycles. The van der Waals surface area contributed by atoms with Crippen molar-refractivity contribution >= 4 is 39.6 Å². The number of hydrogen-bond acceptors (Lipinski definition) is 6. The summed E-state index contributed by atoms with van der Waals surface area (Å²) in [4.78, 5) is 25.1. The molecule has 184 valence electrons. The Kier molecular flexibility index (Phi) is 7.65. The highest BCUT2D eigenvalue weighted by atomic mass is 79.9. The molecule has 2 aromatic carbocycles. The minimum atomic E-state index is -0.470. The predicted molar refractivity (Wildman–Crippen MR) is 140 cm³/mol. The highest BCUT2D eigenvalue weighted by molar-refractivity contribution is 9.10. The van der Waals surface area contributed by atoms with Crippen molar-refractivity contribution in [1.82, 2.24) is 15.2 Å². The summed E-state index contributed by atoms with van der Waals surface area (Å²) in [5, 5.41) is 11.3. The Labute approximate surface area is 216 Å². The number of carbonyl (C=O) groups excluding carboxylic acids is 2. The zero-order valence-electron chi connectivity index (χ0n) is 19.9. The van der Waals surface area contributed by atoms with Crippen molar-refractivity contribution in [3.05, 3.63) is 99.2 Å². The van der Waals surface area contributed by atoms with Crippen LogP contribution in [-0.2, 0) is 6.54 Å². The number of nitrogens with zero attached hydrogens (tertiary/aromatic N) is 3. The van der Waals surface area contributed by atoms with E-state index in [2.05, 4.69) is 36.9 Å². The SMILES string of the molecule is COc1ccc(C=NNC(=O)c2ccccc2NC(=O)c2ccco2)cc1Cn1nc(C)c(Br)c1C. The molecule has 2 heterocycles. The van der Waals surface area contributed by atoms with E-state index in [0.29, 0.717) is 12.2 Å². The molecule has 9 nitrogen and oxygen atoms in total. The van der Waals surface area contributed by atoms with E-state index in [-0.39, 0.29) is 11.3 Å². The summed E-state index contributed by atoms with van der Waals surface area (Å²) in [5.41, 5.74) is 6.73. The van der Waals surface area contributed by atoms with Gasteiger partial charge < -0.3 is 14.5 Å². The van der Waals surface area contributed by atoms with Gasteiger partial charge in [-0.15, -0.1) is 0 Å². The third-order valence-corrected chi connectivity index (χ3v) is 6.61. The van der Waals surface area contributed by atoms with Crippen LogP contribution >= 0.6 is 15.9 Å². The smallest absolute Gasteiger partial charge is 0.291 e. The number of benzene rings is 2. The summed E-state index contributed by atoms with van der Waals surface area (Å²) in [7, 11) is 1.62. The van der Waals surface area contributed by atoms with Crippen LogP contribution in [0.4, 0.5) is 5.69 Å². The average molecular weight is 550 g/mol. The average Bonchev–Trinajstić information content (AvgIpc) is 3.50. The van der Waals surface area contributed by atoms with Crippen LogP contribution in [0.1, 0.15) is 43.4 Å². The number of nitrogens with one attached hydrogen (secondary N) is 2. The molecule has 0 unspecified atom stereocenters. The van der Waals surface area contributed by atoms with Crippen LogP contribution in [0.5, 0.6) is 5.75 Å². The predicted octanol–water partition coefficient (Wildman–Crippen LogP) is 4.93. The molecule has 36 heavy (non-hydrogen) atoms. The summed E-state index contributed by atoms with van der Waals surface area (Å²) < 4.78 is 13.5. The van der Waals surface area contributed by atoms with Crippen molar-refractivity contribution in [1.29, 1.82) is 0 Å². The maximum atomic E-state index is 12.8. The van der Waals surface area contributed by atoms with E-state index >= 15 is 0 Å². The Morgan fingerprint density at radius 3 is 2.64 bits per heavy atom. The zero-order valence-corrected chi connectivity index (χ0v) is 21.5. The summed E-state index contributed by atoms with van der Waals surface area (Å²) in [5.74, 6) is -0.0561. The topological polar surface area (TPSA) is 111 Å². The van der Waals surface area contributed by atoms with Gasteiger partial charge in [-0.3, -0.25) is 14.3 Å². The third kappa shape index (κ3) is 5.55. The number of halogens is 1. The summed E-state index contributed by atoms with van der Waals surface area (Å²) in [6.45, 7) is 4.45. The fourth-order valence-corrected chi connectivity index (χ4v) is 3.88. The summed E-state index contributed by atoms with van der Waals surface area (Å²) in [6, 6.07) is 15.4. The number of carbonyl (C=O) groups is 2. The number of aryl methyl sites for hydroxylation is 1. The number of aromatic nitrogens is 2. The van der Waals surface area contributed by atoms with Crippen LogP contribution in [0.15, 0.2) is 74.9 Å². The summed E-state index contributed by atoms with van der Waals surface area (Å²) >= 11 is 3.55. The molecule has 4 aromatic rings. The van der Waals surface area contributed by atoms with Crippen molar-refractivity contribution < 1.29 is 18.7 Å². The van der Waals surface area contributed by atoms with E-state index in [1.54, 1.807) is 49.7 Å².